The van der Waals surface area contributed by atoms with E-state index in [9.17, 15) is 9.59 Å². The fraction of sp³-hybridized carbons (Fsp3) is 0.350. The Morgan fingerprint density at radius 1 is 1.18 bits per heavy atom. The van der Waals surface area contributed by atoms with Crippen LogP contribution in [0, 0.1) is 13.8 Å². The number of carbonyl (C=O) groups excluding carboxylic acids is 2. The third-order valence-electron chi connectivity index (χ3n) is 4.44. The highest BCUT2D eigenvalue weighted by molar-refractivity contribution is 6.00. The molecule has 0 radical (unpaired) electrons. The lowest BCUT2D eigenvalue weighted by Gasteiger charge is -2.14. The second kappa shape index (κ2) is 8.16. The molecule has 0 aliphatic heterocycles. The number of Topliss-reactive ketones (excluding diaryl/α,β-unsaturated/α-hetero) is 1. The van der Waals surface area contributed by atoms with Gasteiger partial charge >= 0.3 is 5.97 Å². The van der Waals surface area contributed by atoms with Crippen LogP contribution in [0.25, 0.3) is 5.78 Å². The number of fused-ring (bicyclic) bond motifs is 1. The number of nitrogens with zero attached hydrogens (tertiary/aromatic N) is 4. The van der Waals surface area contributed by atoms with E-state index >= 15 is 0 Å². The van der Waals surface area contributed by atoms with Gasteiger partial charge in [-0.2, -0.15) is 10.1 Å². The predicted molar refractivity (Wildman–Crippen MR) is 101 cm³/mol. The third kappa shape index (κ3) is 4.00. The molecule has 0 spiro atoms. The summed E-state index contributed by atoms with van der Waals surface area (Å²) in [4.78, 5) is 33.3. The minimum atomic E-state index is -0.894. The molecule has 0 amide bonds. The van der Waals surface area contributed by atoms with Crippen molar-refractivity contribution in [1.29, 1.82) is 0 Å². The molecule has 0 aliphatic rings. The van der Waals surface area contributed by atoms with E-state index in [1.807, 2.05) is 13.8 Å². The summed E-state index contributed by atoms with van der Waals surface area (Å²) in [5, 5.41) is 4.10. The number of rotatable bonds is 7. The Hall–Kier alpha value is -3.29. The Morgan fingerprint density at radius 3 is 2.57 bits per heavy atom. The van der Waals surface area contributed by atoms with E-state index in [1.54, 1.807) is 42.6 Å². The molecule has 3 rings (SSSR count). The summed E-state index contributed by atoms with van der Waals surface area (Å²) in [5.41, 5.74) is 2.62. The molecule has 0 saturated carbocycles. The van der Waals surface area contributed by atoms with E-state index < -0.39 is 12.1 Å². The van der Waals surface area contributed by atoms with Crippen LogP contribution < -0.4 is 4.74 Å². The van der Waals surface area contributed by atoms with E-state index in [0.717, 1.165) is 5.69 Å². The molecule has 8 heteroatoms. The summed E-state index contributed by atoms with van der Waals surface area (Å²) in [6, 6.07) is 6.76. The largest absolute Gasteiger partial charge is 0.494 e. The van der Waals surface area contributed by atoms with Crippen molar-refractivity contribution in [2.24, 2.45) is 0 Å². The minimum Gasteiger partial charge on any atom is -0.494 e. The van der Waals surface area contributed by atoms with Crippen LogP contribution in [0.1, 0.15) is 41.2 Å². The Labute approximate surface area is 162 Å². The summed E-state index contributed by atoms with van der Waals surface area (Å²) in [6.45, 7) is 7.65. The van der Waals surface area contributed by atoms with E-state index in [4.69, 9.17) is 9.47 Å². The van der Waals surface area contributed by atoms with E-state index in [1.165, 1.54) is 6.33 Å². The molecule has 0 aliphatic carbocycles. The zero-order valence-electron chi connectivity index (χ0n) is 16.3. The first-order chi connectivity index (χ1) is 13.4. The van der Waals surface area contributed by atoms with Crippen LogP contribution in [0.3, 0.4) is 0 Å². The number of hydrogen-bond acceptors (Lipinski definition) is 7. The molecular weight excluding hydrogens is 360 g/mol. The normalized spacial score (nSPS) is 12.0. The lowest BCUT2D eigenvalue weighted by atomic mass is 10.1. The van der Waals surface area contributed by atoms with Crippen molar-refractivity contribution in [3.05, 3.63) is 53.1 Å². The van der Waals surface area contributed by atoms with Gasteiger partial charge in [0.2, 0.25) is 5.78 Å². The maximum absolute atomic E-state index is 12.5. The van der Waals surface area contributed by atoms with Crippen LogP contribution in [0.2, 0.25) is 0 Å². The Balaban J connectivity index is 1.68. The molecule has 0 N–H and O–H groups in total. The number of hydrogen-bond donors (Lipinski definition) is 0. The number of aryl methyl sites for hydroxylation is 2. The highest BCUT2D eigenvalue weighted by atomic mass is 16.5. The van der Waals surface area contributed by atoms with E-state index in [2.05, 4.69) is 15.1 Å². The van der Waals surface area contributed by atoms with Crippen molar-refractivity contribution in [2.75, 3.05) is 6.61 Å². The van der Waals surface area contributed by atoms with Crippen molar-refractivity contribution in [3.8, 4) is 5.75 Å². The number of carbonyl (C=O) groups is 2. The molecule has 1 aromatic carbocycles. The second-order valence-corrected chi connectivity index (χ2v) is 6.36. The first kappa shape index (κ1) is 19.5. The zero-order chi connectivity index (χ0) is 20.3. The second-order valence-electron chi connectivity index (χ2n) is 6.36. The highest BCUT2D eigenvalue weighted by Crippen LogP contribution is 2.17. The van der Waals surface area contributed by atoms with Gasteiger partial charge in [0.15, 0.2) is 6.10 Å². The average molecular weight is 382 g/mol. The predicted octanol–water partition coefficient (Wildman–Crippen LogP) is 2.50. The fourth-order valence-electron chi connectivity index (χ4n) is 2.96. The molecule has 1 atom stereocenters. The number of ether oxygens (including phenoxy) is 2. The number of benzene rings is 1. The minimum absolute atomic E-state index is 0.00135. The highest BCUT2D eigenvalue weighted by Gasteiger charge is 2.21. The molecule has 0 saturated heterocycles. The number of ketones is 1. The Kier molecular flexibility index (Phi) is 5.67. The standard InChI is InChI=1S/C20H22N4O4/c1-5-27-16-8-6-15(7-9-16)19(26)14(4)28-18(25)10-17-12(2)23-20-21-11-22-24(20)13(17)3/h6-9,11,14H,5,10H2,1-4H3/t14-/m1/s1. The maximum atomic E-state index is 12.5. The summed E-state index contributed by atoms with van der Waals surface area (Å²) in [5.74, 6) is 0.394. The van der Waals surface area contributed by atoms with Gasteiger partial charge in [-0.3, -0.25) is 9.59 Å². The van der Waals surface area contributed by atoms with Gasteiger partial charge in [-0.25, -0.2) is 9.50 Å². The average Bonchev–Trinajstić information content (AvgIpc) is 3.14. The molecule has 28 heavy (non-hydrogen) atoms. The zero-order valence-corrected chi connectivity index (χ0v) is 16.3. The van der Waals surface area contributed by atoms with Crippen LogP contribution in [-0.4, -0.2) is 44.0 Å². The number of esters is 1. The van der Waals surface area contributed by atoms with E-state index in [0.29, 0.717) is 35.0 Å². The Morgan fingerprint density at radius 2 is 1.89 bits per heavy atom. The van der Waals surface area contributed by atoms with Gasteiger partial charge in [0.05, 0.1) is 13.0 Å². The quantitative estimate of drug-likeness (QED) is 0.457. The molecular formula is C20H22N4O4. The fourth-order valence-corrected chi connectivity index (χ4v) is 2.96. The molecule has 2 aromatic heterocycles. The summed E-state index contributed by atoms with van der Waals surface area (Å²) in [6.07, 6.45) is 0.518. The van der Waals surface area contributed by atoms with Crippen molar-refractivity contribution < 1.29 is 19.1 Å². The van der Waals surface area contributed by atoms with E-state index in [-0.39, 0.29) is 12.2 Å². The van der Waals surface area contributed by atoms with Gasteiger partial charge in [-0.05, 0) is 52.0 Å². The first-order valence-electron chi connectivity index (χ1n) is 9.03. The molecule has 0 fully saturated rings. The molecule has 2 heterocycles. The SMILES string of the molecule is CCOc1ccc(C(=O)[C@@H](C)OC(=O)Cc2c(C)nc3ncnn3c2C)cc1. The smallest absolute Gasteiger partial charge is 0.311 e. The molecule has 0 bridgehead atoms. The lowest BCUT2D eigenvalue weighted by Crippen LogP contribution is -2.26. The van der Waals surface area contributed by atoms with Gasteiger partial charge in [0.25, 0.3) is 5.78 Å². The lowest BCUT2D eigenvalue weighted by molar-refractivity contribution is -0.145. The monoisotopic (exact) mass is 382 g/mol. The van der Waals surface area contributed by atoms with Crippen LogP contribution in [-0.2, 0) is 16.0 Å². The van der Waals surface area contributed by atoms with Crippen LogP contribution in [0.15, 0.2) is 30.6 Å². The van der Waals surface area contributed by atoms with Crippen LogP contribution >= 0.6 is 0 Å². The number of aromatic nitrogens is 4. The first-order valence-corrected chi connectivity index (χ1v) is 9.03. The summed E-state index contributed by atoms with van der Waals surface area (Å²) >= 11 is 0. The molecule has 3 aromatic rings. The Bertz CT molecular complexity index is 1010. The van der Waals surface area contributed by atoms with Crippen molar-refractivity contribution in [2.45, 2.75) is 40.2 Å². The molecule has 146 valence electrons. The summed E-state index contributed by atoms with van der Waals surface area (Å²) < 4.78 is 12.3. The van der Waals surface area contributed by atoms with Crippen molar-refractivity contribution >= 4 is 17.5 Å². The van der Waals surface area contributed by atoms with Gasteiger partial charge in [0.1, 0.15) is 12.1 Å². The van der Waals surface area contributed by atoms with Crippen molar-refractivity contribution in [1.82, 2.24) is 19.6 Å². The van der Waals surface area contributed by atoms with Crippen LogP contribution in [0.4, 0.5) is 0 Å². The molecule has 0 unspecified atom stereocenters. The van der Waals surface area contributed by atoms with Gasteiger partial charge < -0.3 is 9.47 Å². The third-order valence-corrected chi connectivity index (χ3v) is 4.44. The van der Waals surface area contributed by atoms with Gasteiger partial charge in [0, 0.05) is 22.5 Å². The van der Waals surface area contributed by atoms with Gasteiger partial charge in [-0.15, -0.1) is 0 Å². The molecule has 8 nitrogen and oxygen atoms in total. The topological polar surface area (TPSA) is 95.7 Å². The maximum Gasteiger partial charge on any atom is 0.311 e. The van der Waals surface area contributed by atoms with Crippen LogP contribution in [0.5, 0.6) is 5.75 Å². The van der Waals surface area contributed by atoms with Gasteiger partial charge in [-0.1, -0.05) is 0 Å². The van der Waals surface area contributed by atoms with Crippen molar-refractivity contribution in [3.63, 3.8) is 0 Å². The summed E-state index contributed by atoms with van der Waals surface area (Å²) in [7, 11) is 0.